The second-order valence-corrected chi connectivity index (χ2v) is 6.08. The van der Waals surface area contributed by atoms with E-state index >= 15 is 0 Å². The maximum absolute atomic E-state index is 11.8. The van der Waals surface area contributed by atoms with Crippen molar-refractivity contribution in [1.29, 1.82) is 0 Å². The Kier molecular flexibility index (Phi) is 3.69. The van der Waals surface area contributed by atoms with Gasteiger partial charge in [-0.3, -0.25) is 4.79 Å². The smallest absolute Gasteiger partial charge is 0.223 e. The Morgan fingerprint density at radius 2 is 2.06 bits per heavy atom. The normalized spacial score (nSPS) is 33.6. The Bertz CT molecular complexity index is 333. The van der Waals surface area contributed by atoms with Crippen molar-refractivity contribution in [2.24, 2.45) is 17.8 Å². The van der Waals surface area contributed by atoms with E-state index in [4.69, 9.17) is 0 Å². The van der Waals surface area contributed by atoms with Crippen molar-refractivity contribution in [1.82, 2.24) is 10.2 Å². The SMILES string of the molecule is O=C(CCNCC1CC2C=CC1C2)N1CCCC1. The van der Waals surface area contributed by atoms with Crippen molar-refractivity contribution < 1.29 is 4.79 Å². The van der Waals surface area contributed by atoms with Crippen molar-refractivity contribution in [3.63, 3.8) is 0 Å². The van der Waals surface area contributed by atoms with Gasteiger partial charge in [0.25, 0.3) is 0 Å². The number of fused-ring (bicyclic) bond motifs is 2. The molecular formula is C15H24N2O. The fourth-order valence-corrected chi connectivity index (χ4v) is 3.74. The lowest BCUT2D eigenvalue weighted by molar-refractivity contribution is -0.130. The fraction of sp³-hybridized carbons (Fsp3) is 0.800. The molecule has 3 atom stereocenters. The summed E-state index contributed by atoms with van der Waals surface area (Å²) in [5.41, 5.74) is 0. The van der Waals surface area contributed by atoms with Crippen molar-refractivity contribution in [2.75, 3.05) is 26.2 Å². The molecule has 0 aromatic rings. The molecule has 0 radical (unpaired) electrons. The third kappa shape index (κ3) is 2.61. The van der Waals surface area contributed by atoms with Gasteiger partial charge in [0.1, 0.15) is 0 Å². The number of hydrogen-bond donors (Lipinski definition) is 1. The molecule has 0 aromatic carbocycles. The average Bonchev–Trinajstić information content (AvgIpc) is 3.09. The zero-order valence-corrected chi connectivity index (χ0v) is 11.1. The van der Waals surface area contributed by atoms with Crippen LogP contribution in [-0.2, 0) is 4.79 Å². The molecule has 2 fully saturated rings. The van der Waals surface area contributed by atoms with E-state index in [1.807, 2.05) is 4.90 Å². The molecular weight excluding hydrogens is 224 g/mol. The zero-order valence-electron chi connectivity index (χ0n) is 11.1. The maximum Gasteiger partial charge on any atom is 0.223 e. The van der Waals surface area contributed by atoms with Gasteiger partial charge < -0.3 is 10.2 Å². The first-order valence-electron chi connectivity index (χ1n) is 7.50. The number of amides is 1. The molecule has 0 spiro atoms. The first kappa shape index (κ1) is 12.2. The molecule has 1 saturated carbocycles. The minimum absolute atomic E-state index is 0.341. The van der Waals surface area contributed by atoms with Gasteiger partial charge in [0.2, 0.25) is 5.91 Å². The number of carbonyl (C=O) groups excluding carboxylic acids is 1. The van der Waals surface area contributed by atoms with E-state index in [0.717, 1.165) is 43.9 Å². The van der Waals surface area contributed by atoms with Crippen LogP contribution in [0.1, 0.15) is 32.1 Å². The molecule has 1 aliphatic heterocycles. The zero-order chi connectivity index (χ0) is 12.4. The van der Waals surface area contributed by atoms with Gasteiger partial charge in [-0.1, -0.05) is 12.2 Å². The molecule has 1 heterocycles. The Balaban J connectivity index is 1.31. The lowest BCUT2D eigenvalue weighted by Gasteiger charge is -2.19. The highest BCUT2D eigenvalue weighted by molar-refractivity contribution is 5.76. The summed E-state index contributed by atoms with van der Waals surface area (Å²) in [5.74, 6) is 2.83. The Hall–Kier alpha value is -0.830. The third-order valence-corrected chi connectivity index (χ3v) is 4.80. The summed E-state index contributed by atoms with van der Waals surface area (Å²) in [7, 11) is 0. The number of rotatable bonds is 5. The van der Waals surface area contributed by atoms with Gasteiger partial charge in [-0.25, -0.2) is 0 Å². The highest BCUT2D eigenvalue weighted by Gasteiger charge is 2.34. The van der Waals surface area contributed by atoms with Crippen molar-refractivity contribution >= 4 is 5.91 Å². The van der Waals surface area contributed by atoms with Crippen LogP contribution in [0.2, 0.25) is 0 Å². The summed E-state index contributed by atoms with van der Waals surface area (Å²) in [6, 6.07) is 0. The first-order valence-corrected chi connectivity index (χ1v) is 7.50. The molecule has 0 aromatic heterocycles. The Morgan fingerprint density at radius 1 is 1.22 bits per heavy atom. The maximum atomic E-state index is 11.8. The number of allylic oxidation sites excluding steroid dienone is 2. The van der Waals surface area contributed by atoms with Crippen LogP contribution >= 0.6 is 0 Å². The van der Waals surface area contributed by atoms with Gasteiger partial charge in [-0.15, -0.1) is 0 Å². The molecule has 3 nitrogen and oxygen atoms in total. The van der Waals surface area contributed by atoms with Gasteiger partial charge in [-0.2, -0.15) is 0 Å². The van der Waals surface area contributed by atoms with E-state index in [0.29, 0.717) is 12.3 Å². The lowest BCUT2D eigenvalue weighted by Crippen LogP contribution is -2.32. The molecule has 3 aliphatic rings. The summed E-state index contributed by atoms with van der Waals surface area (Å²) in [6.07, 6.45) is 10.6. The number of carbonyl (C=O) groups is 1. The molecule has 3 heteroatoms. The minimum atomic E-state index is 0.341. The van der Waals surface area contributed by atoms with E-state index in [1.165, 1.54) is 25.7 Å². The van der Waals surface area contributed by atoms with E-state index in [1.54, 1.807) is 0 Å². The largest absolute Gasteiger partial charge is 0.343 e. The minimum Gasteiger partial charge on any atom is -0.343 e. The van der Waals surface area contributed by atoms with Crippen molar-refractivity contribution in [3.05, 3.63) is 12.2 Å². The van der Waals surface area contributed by atoms with Crippen LogP contribution in [0.25, 0.3) is 0 Å². The second kappa shape index (κ2) is 5.43. The van der Waals surface area contributed by atoms with Crippen molar-refractivity contribution in [2.45, 2.75) is 32.1 Å². The van der Waals surface area contributed by atoms with Crippen LogP contribution in [0.5, 0.6) is 0 Å². The van der Waals surface area contributed by atoms with E-state index in [-0.39, 0.29) is 0 Å². The first-order chi connectivity index (χ1) is 8.83. The van der Waals surface area contributed by atoms with Crippen LogP contribution in [-0.4, -0.2) is 37.0 Å². The van der Waals surface area contributed by atoms with Gasteiger partial charge in [0, 0.05) is 26.1 Å². The lowest BCUT2D eigenvalue weighted by atomic mass is 9.94. The molecule has 3 unspecified atom stereocenters. The Morgan fingerprint density at radius 3 is 2.72 bits per heavy atom. The van der Waals surface area contributed by atoms with Crippen LogP contribution in [0.3, 0.4) is 0 Å². The predicted molar refractivity (Wildman–Crippen MR) is 72.1 cm³/mol. The highest BCUT2D eigenvalue weighted by Crippen LogP contribution is 2.42. The van der Waals surface area contributed by atoms with Gasteiger partial charge in [0.05, 0.1) is 0 Å². The third-order valence-electron chi connectivity index (χ3n) is 4.80. The fourth-order valence-electron chi connectivity index (χ4n) is 3.74. The molecule has 18 heavy (non-hydrogen) atoms. The van der Waals surface area contributed by atoms with E-state index < -0.39 is 0 Å². The van der Waals surface area contributed by atoms with Crippen LogP contribution in [0.4, 0.5) is 0 Å². The van der Waals surface area contributed by atoms with Gasteiger partial charge in [-0.05, 0) is 50.0 Å². The number of hydrogen-bond acceptors (Lipinski definition) is 2. The highest BCUT2D eigenvalue weighted by atomic mass is 16.2. The van der Waals surface area contributed by atoms with Gasteiger partial charge >= 0.3 is 0 Å². The molecule has 1 amide bonds. The number of likely N-dealkylation sites (tertiary alicyclic amines) is 1. The summed E-state index contributed by atoms with van der Waals surface area (Å²) < 4.78 is 0. The van der Waals surface area contributed by atoms with E-state index in [2.05, 4.69) is 17.5 Å². The summed E-state index contributed by atoms with van der Waals surface area (Å²) in [6.45, 7) is 3.91. The average molecular weight is 248 g/mol. The standard InChI is InChI=1S/C15H24N2O/c18-15(17-7-1-2-8-17)5-6-16-11-14-10-12-3-4-13(14)9-12/h3-4,12-14,16H,1-2,5-11H2. The molecule has 3 rings (SSSR count). The predicted octanol–water partition coefficient (Wildman–Crippen LogP) is 1.80. The van der Waals surface area contributed by atoms with Gasteiger partial charge in [0.15, 0.2) is 0 Å². The van der Waals surface area contributed by atoms with Crippen LogP contribution < -0.4 is 5.32 Å². The molecule has 2 aliphatic carbocycles. The topological polar surface area (TPSA) is 32.3 Å². The molecule has 1 N–H and O–H groups in total. The van der Waals surface area contributed by atoms with Crippen LogP contribution in [0, 0.1) is 17.8 Å². The summed E-state index contributed by atoms with van der Waals surface area (Å²) >= 11 is 0. The summed E-state index contributed by atoms with van der Waals surface area (Å²) in [5, 5.41) is 3.49. The molecule has 2 bridgehead atoms. The number of nitrogens with one attached hydrogen (secondary N) is 1. The quantitative estimate of drug-likeness (QED) is 0.594. The summed E-state index contributed by atoms with van der Waals surface area (Å²) in [4.78, 5) is 13.9. The van der Waals surface area contributed by atoms with Crippen LogP contribution in [0.15, 0.2) is 12.2 Å². The second-order valence-electron chi connectivity index (χ2n) is 6.08. The van der Waals surface area contributed by atoms with Crippen molar-refractivity contribution in [3.8, 4) is 0 Å². The number of nitrogens with zero attached hydrogens (tertiary/aromatic N) is 1. The van der Waals surface area contributed by atoms with E-state index in [9.17, 15) is 4.79 Å². The monoisotopic (exact) mass is 248 g/mol. The Labute approximate surface area is 110 Å². The molecule has 100 valence electrons. The molecule has 1 saturated heterocycles.